The molecule has 0 aliphatic heterocycles. The van der Waals surface area contributed by atoms with Crippen LogP contribution >= 0.6 is 0 Å². The van der Waals surface area contributed by atoms with Crippen LogP contribution in [0.2, 0.25) is 0 Å². The van der Waals surface area contributed by atoms with Crippen LogP contribution in [0, 0.1) is 0 Å². The molecule has 11 rings (SSSR count). The van der Waals surface area contributed by atoms with Crippen molar-refractivity contribution in [1.82, 2.24) is 4.57 Å². The van der Waals surface area contributed by atoms with Gasteiger partial charge < -0.3 is 9.47 Å². The first-order chi connectivity index (χ1) is 30.2. The Kier molecular flexibility index (Phi) is 9.09. The minimum Gasteiger partial charge on any atom is -0.343 e. The Balaban J connectivity index is 0.986. The van der Waals surface area contributed by atoms with Crippen molar-refractivity contribution >= 4 is 49.5 Å². The van der Waals surface area contributed by atoms with Gasteiger partial charge in [0.05, 0.1) is 11.2 Å². The van der Waals surface area contributed by atoms with Crippen molar-refractivity contribution in [2.75, 3.05) is 4.90 Å². The standard InChI is InChI=1S/C59H42N2/c1-60-58(48-19-9-4-10-20-48)56(57-54-23-13-11-21-52(54)53-22-12-14-24-55(53)59(57)60)47-27-25-43(26-28-47)46-33-39-51(40-34-46)61(49-35-29-44(30-36-49)41-15-5-2-6-16-41)50-37-31-45(32-38-50)42-17-7-3-8-18-42/h2-40H,1H3. The summed E-state index contributed by atoms with van der Waals surface area (Å²) in [7, 11) is 2.23. The molecular weight excluding hydrogens is 737 g/mol. The van der Waals surface area contributed by atoms with E-state index in [2.05, 4.69) is 253 Å². The number of benzene rings is 10. The Morgan fingerprint density at radius 2 is 0.590 bits per heavy atom. The van der Waals surface area contributed by atoms with Crippen molar-refractivity contribution in [1.29, 1.82) is 0 Å². The number of hydrogen-bond donors (Lipinski definition) is 0. The molecule has 0 radical (unpaired) electrons. The lowest BCUT2D eigenvalue weighted by molar-refractivity contribution is 0.983. The second-order valence-electron chi connectivity index (χ2n) is 15.7. The predicted molar refractivity (Wildman–Crippen MR) is 260 cm³/mol. The van der Waals surface area contributed by atoms with Gasteiger partial charge in [-0.15, -0.1) is 0 Å². The molecule has 0 N–H and O–H groups in total. The fourth-order valence-corrected chi connectivity index (χ4v) is 9.28. The van der Waals surface area contributed by atoms with Crippen LogP contribution in [0.5, 0.6) is 0 Å². The lowest BCUT2D eigenvalue weighted by Gasteiger charge is -2.26. The Labute approximate surface area is 356 Å². The van der Waals surface area contributed by atoms with Gasteiger partial charge in [0.2, 0.25) is 0 Å². The molecule has 0 fully saturated rings. The van der Waals surface area contributed by atoms with Gasteiger partial charge in [0.15, 0.2) is 0 Å². The molecule has 1 aromatic heterocycles. The van der Waals surface area contributed by atoms with Gasteiger partial charge in [0.25, 0.3) is 0 Å². The zero-order valence-electron chi connectivity index (χ0n) is 33.9. The summed E-state index contributed by atoms with van der Waals surface area (Å²) in [5.74, 6) is 0. The summed E-state index contributed by atoms with van der Waals surface area (Å²) in [4.78, 5) is 2.34. The zero-order valence-corrected chi connectivity index (χ0v) is 33.9. The molecule has 0 saturated carbocycles. The summed E-state index contributed by atoms with van der Waals surface area (Å²) in [6.45, 7) is 0. The third-order valence-electron chi connectivity index (χ3n) is 12.2. The lowest BCUT2D eigenvalue weighted by atomic mass is 9.91. The fourth-order valence-electron chi connectivity index (χ4n) is 9.28. The van der Waals surface area contributed by atoms with E-state index in [4.69, 9.17) is 0 Å². The maximum atomic E-state index is 2.41. The third-order valence-corrected chi connectivity index (χ3v) is 12.2. The zero-order chi connectivity index (χ0) is 40.7. The average Bonchev–Trinajstić information content (AvgIpc) is 3.66. The van der Waals surface area contributed by atoms with Crippen molar-refractivity contribution in [3.05, 3.63) is 237 Å². The van der Waals surface area contributed by atoms with Crippen LogP contribution in [0.3, 0.4) is 0 Å². The van der Waals surface area contributed by atoms with E-state index in [9.17, 15) is 0 Å². The van der Waals surface area contributed by atoms with Crippen molar-refractivity contribution in [2.24, 2.45) is 7.05 Å². The van der Waals surface area contributed by atoms with Crippen LogP contribution < -0.4 is 4.90 Å². The molecule has 2 heteroatoms. The highest BCUT2D eigenvalue weighted by atomic mass is 15.1. The smallest absolute Gasteiger partial charge is 0.0575 e. The van der Waals surface area contributed by atoms with Gasteiger partial charge in [0.1, 0.15) is 0 Å². The lowest BCUT2D eigenvalue weighted by Crippen LogP contribution is -2.09. The largest absolute Gasteiger partial charge is 0.343 e. The quantitative estimate of drug-likeness (QED) is 0.140. The second kappa shape index (κ2) is 15.3. The normalized spacial score (nSPS) is 11.4. The summed E-state index contributed by atoms with van der Waals surface area (Å²) in [6, 6.07) is 85.6. The number of aromatic nitrogens is 1. The number of fused-ring (bicyclic) bond motifs is 6. The SMILES string of the molecule is Cn1c(-c2ccccc2)c(-c2ccc(-c3ccc(N(c4ccc(-c5ccccc5)cc4)c4ccc(-c5ccccc5)cc4)cc3)cc2)c2c3ccccc3c3ccccc3c21. The van der Waals surface area contributed by atoms with Gasteiger partial charge in [-0.3, -0.25) is 0 Å². The Morgan fingerprint density at radius 1 is 0.279 bits per heavy atom. The molecule has 1 heterocycles. The average molecular weight is 779 g/mol. The molecule has 0 bridgehead atoms. The summed E-state index contributed by atoms with van der Waals surface area (Å²) < 4.78 is 2.41. The minimum absolute atomic E-state index is 1.10. The van der Waals surface area contributed by atoms with Gasteiger partial charge >= 0.3 is 0 Å². The van der Waals surface area contributed by atoms with E-state index in [0.29, 0.717) is 0 Å². The molecule has 0 amide bonds. The van der Waals surface area contributed by atoms with E-state index in [1.54, 1.807) is 0 Å². The van der Waals surface area contributed by atoms with Gasteiger partial charge in [-0.25, -0.2) is 0 Å². The van der Waals surface area contributed by atoms with Gasteiger partial charge in [0, 0.05) is 40.4 Å². The number of hydrogen-bond acceptors (Lipinski definition) is 1. The van der Waals surface area contributed by atoms with Crippen molar-refractivity contribution in [2.45, 2.75) is 0 Å². The van der Waals surface area contributed by atoms with Gasteiger partial charge in [-0.1, -0.05) is 200 Å². The number of rotatable bonds is 8. The van der Waals surface area contributed by atoms with E-state index in [1.165, 1.54) is 88.2 Å². The highest BCUT2D eigenvalue weighted by Gasteiger charge is 2.23. The Morgan fingerprint density at radius 3 is 1.03 bits per heavy atom. The van der Waals surface area contributed by atoms with Gasteiger partial charge in [-0.2, -0.15) is 0 Å². The molecule has 11 aromatic rings. The molecule has 2 nitrogen and oxygen atoms in total. The maximum absolute atomic E-state index is 2.41. The van der Waals surface area contributed by atoms with Crippen LogP contribution in [0.15, 0.2) is 237 Å². The summed E-state index contributed by atoms with van der Waals surface area (Å²) in [5, 5.41) is 6.40. The summed E-state index contributed by atoms with van der Waals surface area (Å²) >= 11 is 0. The van der Waals surface area contributed by atoms with Crippen LogP contribution in [-0.4, -0.2) is 4.57 Å². The van der Waals surface area contributed by atoms with Crippen LogP contribution in [-0.2, 0) is 7.05 Å². The van der Waals surface area contributed by atoms with Crippen molar-refractivity contribution < 1.29 is 0 Å². The monoisotopic (exact) mass is 778 g/mol. The number of anilines is 3. The Bertz CT molecular complexity index is 3210. The van der Waals surface area contributed by atoms with Gasteiger partial charge in [-0.05, 0) is 97.1 Å². The second-order valence-corrected chi connectivity index (χ2v) is 15.7. The van der Waals surface area contributed by atoms with E-state index in [0.717, 1.165) is 17.1 Å². The first-order valence-corrected chi connectivity index (χ1v) is 21.0. The van der Waals surface area contributed by atoms with Crippen LogP contribution in [0.4, 0.5) is 17.1 Å². The van der Waals surface area contributed by atoms with E-state index in [-0.39, 0.29) is 0 Å². The molecule has 0 spiro atoms. The third kappa shape index (κ3) is 6.46. The van der Waals surface area contributed by atoms with E-state index in [1.807, 2.05) is 0 Å². The molecule has 61 heavy (non-hydrogen) atoms. The summed E-state index contributed by atoms with van der Waals surface area (Å²) in [5.41, 5.74) is 16.6. The van der Waals surface area contributed by atoms with E-state index < -0.39 is 0 Å². The maximum Gasteiger partial charge on any atom is 0.0575 e. The molecule has 0 atom stereocenters. The molecule has 0 aliphatic carbocycles. The molecule has 0 unspecified atom stereocenters. The molecule has 10 aromatic carbocycles. The fraction of sp³-hybridized carbons (Fsp3) is 0.0169. The highest BCUT2D eigenvalue weighted by molar-refractivity contribution is 6.29. The Hall–Kier alpha value is -7.94. The first kappa shape index (κ1) is 36.2. The molecule has 0 saturated heterocycles. The first-order valence-electron chi connectivity index (χ1n) is 21.0. The van der Waals surface area contributed by atoms with E-state index >= 15 is 0 Å². The molecule has 0 aliphatic rings. The molecular formula is C59H42N2. The minimum atomic E-state index is 1.10. The molecule has 288 valence electrons. The van der Waals surface area contributed by atoms with Crippen molar-refractivity contribution in [3.63, 3.8) is 0 Å². The van der Waals surface area contributed by atoms with Crippen molar-refractivity contribution in [3.8, 4) is 55.8 Å². The predicted octanol–water partition coefficient (Wildman–Crippen LogP) is 16.3. The van der Waals surface area contributed by atoms with Crippen LogP contribution in [0.25, 0.3) is 88.2 Å². The topological polar surface area (TPSA) is 8.17 Å². The highest BCUT2D eigenvalue weighted by Crippen LogP contribution is 2.47. The number of nitrogens with zero attached hydrogens (tertiary/aromatic N) is 2. The number of aryl methyl sites for hydroxylation is 1. The van der Waals surface area contributed by atoms with Crippen LogP contribution in [0.1, 0.15) is 0 Å². The summed E-state index contributed by atoms with van der Waals surface area (Å²) in [6.07, 6.45) is 0.